The van der Waals surface area contributed by atoms with Gasteiger partial charge >= 0.3 is 5.69 Å². The van der Waals surface area contributed by atoms with Crippen LogP contribution in [0.5, 0.6) is 17.2 Å². The number of benzene rings is 1. The molecule has 9 heteroatoms. The second-order valence-electron chi connectivity index (χ2n) is 5.82. The molecule has 4 rings (SSSR count). The van der Waals surface area contributed by atoms with Crippen LogP contribution in [0.15, 0.2) is 47.7 Å². The first kappa shape index (κ1) is 17.5. The smallest absolute Gasteiger partial charge is 0.333 e. The summed E-state index contributed by atoms with van der Waals surface area (Å²) in [5, 5.41) is 0. The molecule has 1 aromatic carbocycles. The number of H-pyrrole nitrogens is 1. The van der Waals surface area contributed by atoms with Gasteiger partial charge in [0.15, 0.2) is 22.8 Å². The van der Waals surface area contributed by atoms with Gasteiger partial charge in [0.25, 0.3) is 0 Å². The van der Waals surface area contributed by atoms with Crippen molar-refractivity contribution in [2.24, 2.45) is 0 Å². The lowest BCUT2D eigenvalue weighted by Gasteiger charge is -2.12. The Morgan fingerprint density at radius 2 is 1.89 bits per heavy atom. The van der Waals surface area contributed by atoms with Gasteiger partial charge in [-0.15, -0.1) is 0 Å². The molecule has 0 saturated carbocycles. The van der Waals surface area contributed by atoms with Crippen molar-refractivity contribution in [3.63, 3.8) is 0 Å². The molecule has 0 aliphatic heterocycles. The molecule has 0 bridgehead atoms. The third-order valence-electron chi connectivity index (χ3n) is 4.26. The first-order chi connectivity index (χ1) is 13.7. The Bertz CT molecular complexity index is 1210. The van der Waals surface area contributed by atoms with Gasteiger partial charge < -0.3 is 14.2 Å². The fraction of sp³-hybridized carbons (Fsp3) is 0.158. The molecule has 3 heterocycles. The zero-order valence-electron chi connectivity index (χ0n) is 15.5. The van der Waals surface area contributed by atoms with Crippen LogP contribution in [0.4, 0.5) is 0 Å². The molecule has 0 amide bonds. The normalized spacial score (nSPS) is 10.8. The molecule has 0 unspecified atom stereocenters. The van der Waals surface area contributed by atoms with E-state index >= 15 is 0 Å². The van der Waals surface area contributed by atoms with Crippen molar-refractivity contribution < 1.29 is 14.2 Å². The minimum atomic E-state index is -0.387. The van der Waals surface area contributed by atoms with Gasteiger partial charge in [0.2, 0.25) is 0 Å². The van der Waals surface area contributed by atoms with E-state index in [9.17, 15) is 4.79 Å². The van der Waals surface area contributed by atoms with Crippen LogP contribution in [0.25, 0.3) is 28.2 Å². The summed E-state index contributed by atoms with van der Waals surface area (Å²) in [5.41, 5.74) is 2.11. The first-order valence-electron chi connectivity index (χ1n) is 8.34. The molecule has 1 N–H and O–H groups in total. The summed E-state index contributed by atoms with van der Waals surface area (Å²) in [6.07, 6.45) is 4.83. The zero-order chi connectivity index (χ0) is 19.7. The number of hydrogen-bond donors (Lipinski definition) is 1. The average molecular weight is 379 g/mol. The third kappa shape index (κ3) is 2.82. The summed E-state index contributed by atoms with van der Waals surface area (Å²) < 4.78 is 17.4. The van der Waals surface area contributed by atoms with Gasteiger partial charge in [-0.2, -0.15) is 0 Å². The Labute approximate surface area is 159 Å². The third-order valence-corrected chi connectivity index (χ3v) is 4.26. The van der Waals surface area contributed by atoms with Crippen LogP contribution >= 0.6 is 0 Å². The van der Waals surface area contributed by atoms with Crippen molar-refractivity contribution in [2.75, 3.05) is 21.3 Å². The fourth-order valence-corrected chi connectivity index (χ4v) is 2.96. The number of fused-ring (bicyclic) bond motifs is 1. The minimum Gasteiger partial charge on any atom is -0.495 e. The van der Waals surface area contributed by atoms with Crippen molar-refractivity contribution in [2.45, 2.75) is 0 Å². The van der Waals surface area contributed by atoms with Crippen LogP contribution < -0.4 is 19.9 Å². The van der Waals surface area contributed by atoms with E-state index in [0.717, 1.165) is 5.56 Å². The van der Waals surface area contributed by atoms with E-state index in [1.165, 1.54) is 18.8 Å². The van der Waals surface area contributed by atoms with E-state index in [1.54, 1.807) is 50.0 Å². The van der Waals surface area contributed by atoms with E-state index in [-0.39, 0.29) is 5.69 Å². The monoisotopic (exact) mass is 379 g/mol. The number of hydrogen-bond acceptors (Lipinski definition) is 7. The van der Waals surface area contributed by atoms with E-state index in [4.69, 9.17) is 14.2 Å². The molecule has 0 atom stereocenters. The molecule has 0 saturated heterocycles. The molecule has 3 aromatic heterocycles. The van der Waals surface area contributed by atoms with Crippen molar-refractivity contribution in [3.05, 3.63) is 53.3 Å². The summed E-state index contributed by atoms with van der Waals surface area (Å²) in [6.45, 7) is 0. The molecule has 142 valence electrons. The minimum absolute atomic E-state index is 0.343. The van der Waals surface area contributed by atoms with Crippen molar-refractivity contribution in [1.29, 1.82) is 0 Å². The number of imidazole rings is 1. The maximum absolute atomic E-state index is 12.7. The molecular formula is C19H17N5O4. The Morgan fingerprint density at radius 3 is 2.64 bits per heavy atom. The Hall–Kier alpha value is -3.88. The molecule has 9 nitrogen and oxygen atoms in total. The number of pyridine rings is 1. The SMILES string of the molecule is COc1cncc(-c2cnc3c(n2)[nH]c(=O)n3-c2cccc(OC)c2OC)c1. The molecule has 0 spiro atoms. The lowest BCUT2D eigenvalue weighted by atomic mass is 10.2. The molecule has 4 aromatic rings. The highest BCUT2D eigenvalue weighted by atomic mass is 16.5. The number of para-hydroxylation sites is 1. The zero-order valence-corrected chi connectivity index (χ0v) is 15.5. The molecule has 28 heavy (non-hydrogen) atoms. The van der Waals surface area contributed by atoms with Gasteiger partial charge in [-0.25, -0.2) is 19.3 Å². The molecule has 0 aliphatic carbocycles. The second kappa shape index (κ2) is 7.03. The number of nitrogens with one attached hydrogen (secondary N) is 1. The van der Waals surface area contributed by atoms with Crippen molar-refractivity contribution in [1.82, 2.24) is 24.5 Å². The molecule has 0 aliphatic rings. The van der Waals surface area contributed by atoms with E-state index in [2.05, 4.69) is 19.9 Å². The lowest BCUT2D eigenvalue weighted by molar-refractivity contribution is 0.354. The number of rotatable bonds is 5. The summed E-state index contributed by atoms with van der Waals surface area (Å²) in [7, 11) is 4.61. The topological polar surface area (TPSA) is 104 Å². The summed E-state index contributed by atoms with van der Waals surface area (Å²) in [4.78, 5) is 28.5. The number of nitrogens with zero attached hydrogens (tertiary/aromatic N) is 4. The van der Waals surface area contributed by atoms with Crippen molar-refractivity contribution >= 4 is 11.3 Å². The first-order valence-corrected chi connectivity index (χ1v) is 8.34. The van der Waals surface area contributed by atoms with Crippen LogP contribution in [0.2, 0.25) is 0 Å². The summed E-state index contributed by atoms with van der Waals surface area (Å²) in [5.74, 6) is 1.54. The molecule has 0 radical (unpaired) electrons. The number of aromatic nitrogens is 5. The van der Waals surface area contributed by atoms with Crippen LogP contribution in [-0.2, 0) is 0 Å². The predicted octanol–water partition coefficient (Wildman–Crippen LogP) is 2.20. The number of methoxy groups -OCH3 is 3. The lowest BCUT2D eigenvalue weighted by Crippen LogP contribution is -2.16. The molecular weight excluding hydrogens is 362 g/mol. The Balaban J connectivity index is 1.89. The van der Waals surface area contributed by atoms with Gasteiger partial charge in [0, 0.05) is 11.8 Å². The van der Waals surface area contributed by atoms with Gasteiger partial charge in [0.05, 0.1) is 45.1 Å². The molecule has 0 fully saturated rings. The van der Waals surface area contributed by atoms with Gasteiger partial charge in [-0.1, -0.05) is 6.07 Å². The number of aromatic amines is 1. The summed E-state index contributed by atoms with van der Waals surface area (Å²) >= 11 is 0. The van der Waals surface area contributed by atoms with E-state index in [0.29, 0.717) is 39.9 Å². The van der Waals surface area contributed by atoms with Gasteiger partial charge in [-0.05, 0) is 18.2 Å². The highest BCUT2D eigenvalue weighted by Crippen LogP contribution is 2.33. The highest BCUT2D eigenvalue weighted by Gasteiger charge is 2.18. The highest BCUT2D eigenvalue weighted by molar-refractivity contribution is 5.74. The van der Waals surface area contributed by atoms with E-state index in [1.807, 2.05) is 0 Å². The maximum atomic E-state index is 12.7. The van der Waals surface area contributed by atoms with Crippen LogP contribution in [0.1, 0.15) is 0 Å². The Kier molecular flexibility index (Phi) is 4.40. The quantitative estimate of drug-likeness (QED) is 0.567. The second-order valence-corrected chi connectivity index (χ2v) is 5.82. The van der Waals surface area contributed by atoms with E-state index < -0.39 is 0 Å². The van der Waals surface area contributed by atoms with Gasteiger partial charge in [0.1, 0.15) is 5.75 Å². The van der Waals surface area contributed by atoms with Crippen molar-refractivity contribution in [3.8, 4) is 34.2 Å². The predicted molar refractivity (Wildman–Crippen MR) is 102 cm³/mol. The fourth-order valence-electron chi connectivity index (χ4n) is 2.96. The largest absolute Gasteiger partial charge is 0.495 e. The number of ether oxygens (including phenoxy) is 3. The maximum Gasteiger partial charge on any atom is 0.333 e. The van der Waals surface area contributed by atoms with Crippen LogP contribution in [-0.4, -0.2) is 45.8 Å². The summed E-state index contributed by atoms with van der Waals surface area (Å²) in [6, 6.07) is 7.06. The Morgan fingerprint density at radius 1 is 1.04 bits per heavy atom. The standard InChI is InChI=1S/C19H17N5O4/c1-26-12-7-11(8-20-9-12)13-10-21-18-17(22-13)23-19(25)24(18)14-5-4-6-15(27-2)16(14)28-3/h4-10H,1-3H3,(H,22,23,25). The van der Waals surface area contributed by atoms with Crippen LogP contribution in [0, 0.1) is 0 Å². The van der Waals surface area contributed by atoms with Gasteiger partial charge in [-0.3, -0.25) is 9.97 Å². The van der Waals surface area contributed by atoms with Crippen LogP contribution in [0.3, 0.4) is 0 Å². The average Bonchev–Trinajstić information content (AvgIpc) is 3.07.